The molecule has 1 amide bonds. The lowest BCUT2D eigenvalue weighted by Crippen LogP contribution is -2.32. The van der Waals surface area contributed by atoms with E-state index in [1.165, 1.54) is 24.0 Å². The van der Waals surface area contributed by atoms with Gasteiger partial charge in [0.1, 0.15) is 11.5 Å². The van der Waals surface area contributed by atoms with Crippen molar-refractivity contribution in [2.75, 3.05) is 5.32 Å². The van der Waals surface area contributed by atoms with Crippen LogP contribution in [0, 0.1) is 0 Å². The van der Waals surface area contributed by atoms with Crippen LogP contribution in [0.3, 0.4) is 0 Å². The number of hydrogen-bond donors (Lipinski definition) is 1. The molecule has 0 saturated carbocycles. The van der Waals surface area contributed by atoms with Crippen LogP contribution in [0.15, 0.2) is 66.7 Å². The van der Waals surface area contributed by atoms with Gasteiger partial charge in [-0.2, -0.15) is 0 Å². The SMILES string of the molecule is CC[C@H](Oc1ccc2c(c1)CCCC2)C(=O)Nc1cc(Cl)ccc1Oc1ccccc1. The van der Waals surface area contributed by atoms with Gasteiger partial charge in [-0.3, -0.25) is 4.79 Å². The Hall–Kier alpha value is -2.98. The maximum Gasteiger partial charge on any atom is 0.265 e. The van der Waals surface area contributed by atoms with Crippen molar-refractivity contribution in [3.8, 4) is 17.2 Å². The fraction of sp³-hybridized carbons (Fsp3) is 0.269. The zero-order chi connectivity index (χ0) is 21.6. The van der Waals surface area contributed by atoms with Gasteiger partial charge in [-0.1, -0.05) is 42.8 Å². The average Bonchev–Trinajstić information content (AvgIpc) is 2.79. The number of para-hydroxylation sites is 1. The molecule has 0 unspecified atom stereocenters. The van der Waals surface area contributed by atoms with E-state index in [1.807, 2.05) is 43.3 Å². The molecule has 0 bridgehead atoms. The molecule has 3 aromatic carbocycles. The number of benzene rings is 3. The molecule has 4 nitrogen and oxygen atoms in total. The van der Waals surface area contributed by atoms with Gasteiger partial charge in [-0.25, -0.2) is 0 Å². The number of ether oxygens (including phenoxy) is 2. The Balaban J connectivity index is 1.49. The van der Waals surface area contributed by atoms with Crippen LogP contribution in [0.1, 0.15) is 37.3 Å². The number of rotatable bonds is 7. The first-order chi connectivity index (χ1) is 15.1. The molecular weight excluding hydrogens is 410 g/mol. The van der Waals surface area contributed by atoms with Gasteiger partial charge in [-0.15, -0.1) is 0 Å². The normalized spacial score (nSPS) is 13.7. The number of carbonyl (C=O) groups excluding carboxylic acids is 1. The van der Waals surface area contributed by atoms with Crippen molar-refractivity contribution in [1.82, 2.24) is 0 Å². The second-order valence-electron chi connectivity index (χ2n) is 7.70. The number of amides is 1. The van der Waals surface area contributed by atoms with Crippen LogP contribution < -0.4 is 14.8 Å². The van der Waals surface area contributed by atoms with Crippen LogP contribution in [0.5, 0.6) is 17.2 Å². The van der Waals surface area contributed by atoms with Gasteiger partial charge < -0.3 is 14.8 Å². The highest BCUT2D eigenvalue weighted by Crippen LogP contribution is 2.32. The van der Waals surface area contributed by atoms with Crippen LogP contribution in [0.2, 0.25) is 5.02 Å². The van der Waals surface area contributed by atoms with Gasteiger partial charge in [0, 0.05) is 5.02 Å². The molecule has 0 fully saturated rings. The van der Waals surface area contributed by atoms with Crippen LogP contribution in [-0.4, -0.2) is 12.0 Å². The third kappa shape index (κ3) is 5.39. The van der Waals surface area contributed by atoms with Crippen molar-refractivity contribution in [3.63, 3.8) is 0 Å². The van der Waals surface area contributed by atoms with Crippen molar-refractivity contribution in [1.29, 1.82) is 0 Å². The number of aryl methyl sites for hydroxylation is 2. The van der Waals surface area contributed by atoms with Gasteiger partial charge in [0.05, 0.1) is 5.69 Å². The van der Waals surface area contributed by atoms with Crippen LogP contribution >= 0.6 is 11.6 Å². The number of nitrogens with one attached hydrogen (secondary N) is 1. The highest BCUT2D eigenvalue weighted by molar-refractivity contribution is 6.31. The van der Waals surface area contributed by atoms with Gasteiger partial charge in [0.2, 0.25) is 0 Å². The van der Waals surface area contributed by atoms with E-state index in [9.17, 15) is 4.79 Å². The second-order valence-corrected chi connectivity index (χ2v) is 8.13. The third-order valence-corrected chi connectivity index (χ3v) is 5.67. The highest BCUT2D eigenvalue weighted by atomic mass is 35.5. The molecule has 1 aliphatic rings. The number of anilines is 1. The lowest BCUT2D eigenvalue weighted by Gasteiger charge is -2.21. The maximum atomic E-state index is 13.0. The molecule has 1 N–H and O–H groups in total. The molecule has 5 heteroatoms. The first-order valence-corrected chi connectivity index (χ1v) is 11.1. The van der Waals surface area contributed by atoms with Crippen LogP contribution in [-0.2, 0) is 17.6 Å². The molecule has 0 spiro atoms. The number of carbonyl (C=O) groups is 1. The lowest BCUT2D eigenvalue weighted by molar-refractivity contribution is -0.122. The topological polar surface area (TPSA) is 47.6 Å². The molecule has 1 aliphatic carbocycles. The largest absolute Gasteiger partial charge is 0.481 e. The van der Waals surface area contributed by atoms with Crippen LogP contribution in [0.4, 0.5) is 5.69 Å². The van der Waals surface area contributed by atoms with Crippen LogP contribution in [0.25, 0.3) is 0 Å². The summed E-state index contributed by atoms with van der Waals surface area (Å²) in [7, 11) is 0. The van der Waals surface area contributed by atoms with E-state index in [2.05, 4.69) is 17.4 Å². The zero-order valence-electron chi connectivity index (χ0n) is 17.6. The Bertz CT molecular complexity index is 1050. The molecule has 31 heavy (non-hydrogen) atoms. The minimum atomic E-state index is -0.620. The first kappa shape index (κ1) is 21.3. The van der Waals surface area contributed by atoms with Gasteiger partial charge in [0.15, 0.2) is 11.9 Å². The fourth-order valence-corrected chi connectivity index (χ4v) is 3.96. The summed E-state index contributed by atoms with van der Waals surface area (Å²) in [6, 6.07) is 20.7. The van der Waals surface area contributed by atoms with E-state index in [0.29, 0.717) is 28.6 Å². The highest BCUT2D eigenvalue weighted by Gasteiger charge is 2.21. The summed E-state index contributed by atoms with van der Waals surface area (Å²) < 4.78 is 12.0. The molecule has 3 aromatic rings. The Morgan fingerprint density at radius 3 is 2.52 bits per heavy atom. The Kier molecular flexibility index (Phi) is 6.78. The fourth-order valence-electron chi connectivity index (χ4n) is 3.79. The zero-order valence-corrected chi connectivity index (χ0v) is 18.3. The van der Waals surface area contributed by atoms with E-state index in [-0.39, 0.29) is 5.91 Å². The molecule has 1 atom stereocenters. The monoisotopic (exact) mass is 435 g/mol. The van der Waals surface area contributed by atoms with Gasteiger partial charge in [0.25, 0.3) is 5.91 Å². The van der Waals surface area contributed by atoms with E-state index in [4.69, 9.17) is 21.1 Å². The van der Waals surface area contributed by atoms with E-state index in [1.54, 1.807) is 18.2 Å². The van der Waals surface area contributed by atoms with Crippen molar-refractivity contribution in [3.05, 3.63) is 82.9 Å². The molecule has 0 aliphatic heterocycles. The van der Waals surface area contributed by atoms with Gasteiger partial charge >= 0.3 is 0 Å². The Labute approximate surface area is 188 Å². The number of hydrogen-bond acceptors (Lipinski definition) is 3. The van der Waals surface area contributed by atoms with Crippen molar-refractivity contribution >= 4 is 23.2 Å². The maximum absolute atomic E-state index is 13.0. The summed E-state index contributed by atoms with van der Waals surface area (Å²) >= 11 is 6.18. The molecule has 0 aromatic heterocycles. The summed E-state index contributed by atoms with van der Waals surface area (Å²) in [5.74, 6) is 1.69. The predicted octanol–water partition coefficient (Wildman–Crippen LogP) is 6.81. The summed E-state index contributed by atoms with van der Waals surface area (Å²) in [6.07, 6.45) is 4.54. The molecule has 0 radical (unpaired) electrons. The smallest absolute Gasteiger partial charge is 0.265 e. The number of fused-ring (bicyclic) bond motifs is 1. The standard InChI is InChI=1S/C26H26ClNO3/c1-2-24(31-22-14-12-18-8-6-7-9-19(18)16-22)26(29)28-23-17-20(27)13-15-25(23)30-21-10-4-3-5-11-21/h3-5,10-17,24H,2,6-9H2,1H3,(H,28,29)/t24-/m0/s1. The summed E-state index contributed by atoms with van der Waals surface area (Å²) in [5, 5.41) is 3.45. The first-order valence-electron chi connectivity index (χ1n) is 10.7. The molecule has 0 heterocycles. The summed E-state index contributed by atoms with van der Waals surface area (Å²) in [5.41, 5.74) is 3.22. The predicted molar refractivity (Wildman–Crippen MR) is 124 cm³/mol. The second kappa shape index (κ2) is 9.88. The minimum absolute atomic E-state index is 0.236. The molecule has 160 valence electrons. The molecule has 0 saturated heterocycles. The van der Waals surface area contributed by atoms with Crippen molar-refractivity contribution in [2.45, 2.75) is 45.1 Å². The summed E-state index contributed by atoms with van der Waals surface area (Å²) in [4.78, 5) is 13.0. The molecular formula is C26H26ClNO3. The van der Waals surface area contributed by atoms with Gasteiger partial charge in [-0.05, 0) is 85.7 Å². The quantitative estimate of drug-likeness (QED) is 0.443. The van der Waals surface area contributed by atoms with Crippen molar-refractivity contribution in [2.24, 2.45) is 0 Å². The molecule has 4 rings (SSSR count). The minimum Gasteiger partial charge on any atom is -0.481 e. The third-order valence-electron chi connectivity index (χ3n) is 5.43. The number of halogens is 1. The van der Waals surface area contributed by atoms with E-state index in [0.717, 1.165) is 18.6 Å². The lowest BCUT2D eigenvalue weighted by atomic mass is 9.92. The summed E-state index contributed by atoms with van der Waals surface area (Å²) in [6.45, 7) is 1.93. The van der Waals surface area contributed by atoms with Crippen molar-refractivity contribution < 1.29 is 14.3 Å². The van der Waals surface area contributed by atoms with E-state index < -0.39 is 6.10 Å². The average molecular weight is 436 g/mol. The van der Waals surface area contributed by atoms with E-state index >= 15 is 0 Å². The Morgan fingerprint density at radius 1 is 0.968 bits per heavy atom. The Morgan fingerprint density at radius 2 is 1.74 bits per heavy atom.